The van der Waals surface area contributed by atoms with Crippen molar-refractivity contribution in [3.8, 4) is 22.8 Å². The minimum absolute atomic E-state index is 0.319. The van der Waals surface area contributed by atoms with Crippen LogP contribution in [0.3, 0.4) is 0 Å². The van der Waals surface area contributed by atoms with Crippen molar-refractivity contribution in [1.82, 2.24) is 14.5 Å². The fourth-order valence-electron chi connectivity index (χ4n) is 4.48. The topological polar surface area (TPSA) is 103 Å². The van der Waals surface area contributed by atoms with Crippen LogP contribution in [-0.4, -0.2) is 33.6 Å². The molecule has 30 heavy (non-hydrogen) atoms. The highest BCUT2D eigenvalue weighted by atomic mass is 16.3. The molecule has 2 aliphatic heterocycles. The van der Waals surface area contributed by atoms with Gasteiger partial charge in [-0.25, -0.2) is 9.78 Å². The van der Waals surface area contributed by atoms with Gasteiger partial charge in [-0.05, 0) is 55.5 Å². The van der Waals surface area contributed by atoms with Crippen LogP contribution in [0.1, 0.15) is 19.3 Å². The fourth-order valence-corrected chi connectivity index (χ4v) is 4.48. The Balaban J connectivity index is 1.45. The summed E-state index contributed by atoms with van der Waals surface area (Å²) in [7, 11) is 0. The van der Waals surface area contributed by atoms with Gasteiger partial charge in [0.2, 0.25) is 0 Å². The number of piperidine rings is 1. The maximum Gasteiger partial charge on any atom is 0.314 e. The van der Waals surface area contributed by atoms with Gasteiger partial charge in [0.05, 0.1) is 17.4 Å². The van der Waals surface area contributed by atoms with Crippen molar-refractivity contribution in [3.05, 3.63) is 48.7 Å². The molecule has 2 aromatic heterocycles. The zero-order chi connectivity index (χ0) is 20.7. The molecular formula is C23H25N5O2. The highest BCUT2D eigenvalue weighted by molar-refractivity contribution is 5.87. The largest absolute Gasteiger partial charge is 0.455 e. The molecule has 0 unspecified atom stereocenters. The number of likely N-dealkylation sites (tertiary alicyclic amines) is 1. The summed E-state index contributed by atoms with van der Waals surface area (Å²) in [6.07, 6.45) is 4.82. The summed E-state index contributed by atoms with van der Waals surface area (Å²) in [4.78, 5) is 17.4. The van der Waals surface area contributed by atoms with Crippen molar-refractivity contribution >= 4 is 22.8 Å². The molecule has 1 saturated heterocycles. The molecule has 0 radical (unpaired) electrons. The molecule has 7 heteroatoms. The van der Waals surface area contributed by atoms with E-state index in [1.807, 2.05) is 36.5 Å². The van der Waals surface area contributed by atoms with E-state index in [1.165, 1.54) is 0 Å². The van der Waals surface area contributed by atoms with Gasteiger partial charge in [-0.3, -0.25) is 0 Å². The molecular weight excluding hydrogens is 378 g/mol. The van der Waals surface area contributed by atoms with Crippen LogP contribution in [0, 0.1) is 5.92 Å². The average molecular weight is 403 g/mol. The lowest BCUT2D eigenvalue weighted by molar-refractivity contribution is 0.175. The molecule has 2 aromatic rings. The molecule has 5 rings (SSSR count). The lowest BCUT2D eigenvalue weighted by atomic mass is 9.93. The van der Waals surface area contributed by atoms with Gasteiger partial charge in [-0.15, -0.1) is 0 Å². The van der Waals surface area contributed by atoms with E-state index in [2.05, 4.69) is 21.7 Å². The monoisotopic (exact) mass is 403 g/mol. The van der Waals surface area contributed by atoms with Crippen molar-refractivity contribution in [2.24, 2.45) is 11.7 Å². The molecule has 4 heterocycles. The number of rotatable bonds is 4. The Labute approximate surface area is 174 Å². The van der Waals surface area contributed by atoms with Gasteiger partial charge in [0, 0.05) is 30.6 Å². The number of nitrogen functional groups attached to an aromatic ring is 1. The molecule has 7 nitrogen and oxygen atoms in total. The Kier molecular flexibility index (Phi) is 4.58. The van der Waals surface area contributed by atoms with E-state index in [1.54, 1.807) is 4.90 Å². The Hall–Kier alpha value is -3.48. The van der Waals surface area contributed by atoms with Crippen LogP contribution in [0.4, 0.5) is 10.6 Å². The first-order valence-corrected chi connectivity index (χ1v) is 10.4. The van der Waals surface area contributed by atoms with Gasteiger partial charge in [-0.2, -0.15) is 0 Å². The smallest absolute Gasteiger partial charge is 0.314 e. The van der Waals surface area contributed by atoms with E-state index in [-0.39, 0.29) is 6.03 Å². The van der Waals surface area contributed by atoms with Crippen LogP contribution in [0.15, 0.2) is 53.1 Å². The number of nitrogens with zero attached hydrogens (tertiary/aromatic N) is 3. The number of amides is 2. The number of urea groups is 1. The zero-order valence-electron chi connectivity index (χ0n) is 16.8. The molecule has 0 bridgehead atoms. The third-order valence-corrected chi connectivity index (χ3v) is 6.19. The second kappa shape index (κ2) is 7.40. The molecule has 1 fully saturated rings. The van der Waals surface area contributed by atoms with E-state index >= 15 is 0 Å². The predicted octanol–water partition coefficient (Wildman–Crippen LogP) is 4.16. The molecule has 0 aromatic carbocycles. The number of anilines is 1. The van der Waals surface area contributed by atoms with Gasteiger partial charge in [0.15, 0.2) is 5.76 Å². The maximum absolute atomic E-state index is 11.4. The number of fused-ring (bicyclic) bond motifs is 2. The molecule has 0 spiro atoms. The zero-order valence-corrected chi connectivity index (χ0v) is 16.8. The van der Waals surface area contributed by atoms with Crippen LogP contribution in [-0.2, 0) is 6.54 Å². The molecule has 2 amide bonds. The summed E-state index contributed by atoms with van der Waals surface area (Å²) in [5.41, 5.74) is 14.5. The summed E-state index contributed by atoms with van der Waals surface area (Å²) in [6, 6.07) is 13.8. The second-order valence-corrected chi connectivity index (χ2v) is 8.05. The van der Waals surface area contributed by atoms with Crippen LogP contribution < -0.4 is 11.5 Å². The molecule has 1 aliphatic carbocycles. The first-order chi connectivity index (χ1) is 14.6. The van der Waals surface area contributed by atoms with Gasteiger partial charge < -0.3 is 25.4 Å². The number of pyridine rings is 1. The quantitative estimate of drug-likeness (QED) is 0.534. The minimum Gasteiger partial charge on any atom is -0.455 e. The Bertz CT molecular complexity index is 1170. The fraction of sp³-hybridized carbons (Fsp3) is 0.304. The van der Waals surface area contributed by atoms with Crippen LogP contribution in [0.5, 0.6) is 0 Å². The van der Waals surface area contributed by atoms with Crippen LogP contribution in [0.25, 0.3) is 33.7 Å². The van der Waals surface area contributed by atoms with Crippen molar-refractivity contribution in [2.45, 2.75) is 25.8 Å². The number of hydrogen-bond donors (Lipinski definition) is 2. The Morgan fingerprint density at radius 1 is 1.13 bits per heavy atom. The van der Waals surface area contributed by atoms with Crippen LogP contribution in [0.2, 0.25) is 0 Å². The molecule has 154 valence electrons. The number of primary amides is 1. The SMILES string of the molecule is NC(=O)N1CCC(CCn2c(-c3ccc4cccc-4o3)cc3cc(N)ncc32)CC1. The average Bonchev–Trinajstić information content (AvgIpc) is 3.35. The van der Waals surface area contributed by atoms with Crippen LogP contribution >= 0.6 is 0 Å². The van der Waals surface area contributed by atoms with Gasteiger partial charge in [-0.1, -0.05) is 12.1 Å². The third-order valence-electron chi connectivity index (χ3n) is 6.19. The first-order valence-electron chi connectivity index (χ1n) is 10.4. The number of aryl methyl sites for hydroxylation is 1. The minimum atomic E-state index is -0.319. The number of hydrogen-bond acceptors (Lipinski definition) is 4. The normalized spacial score (nSPS) is 15.3. The summed E-state index contributed by atoms with van der Waals surface area (Å²) in [5.74, 6) is 2.77. The predicted molar refractivity (Wildman–Crippen MR) is 117 cm³/mol. The Morgan fingerprint density at radius 3 is 2.77 bits per heavy atom. The lowest BCUT2D eigenvalue weighted by Crippen LogP contribution is -2.41. The summed E-state index contributed by atoms with van der Waals surface area (Å²) in [6.45, 7) is 2.32. The molecule has 3 aliphatic rings. The summed E-state index contributed by atoms with van der Waals surface area (Å²) >= 11 is 0. The van der Waals surface area contributed by atoms with E-state index in [9.17, 15) is 4.79 Å². The highest BCUT2D eigenvalue weighted by Crippen LogP contribution is 2.34. The van der Waals surface area contributed by atoms with Gasteiger partial charge >= 0.3 is 6.03 Å². The summed E-state index contributed by atoms with van der Waals surface area (Å²) < 4.78 is 8.46. The highest BCUT2D eigenvalue weighted by Gasteiger charge is 2.22. The number of carbonyl (C=O) groups is 1. The lowest BCUT2D eigenvalue weighted by Gasteiger charge is -2.31. The maximum atomic E-state index is 11.4. The van der Waals surface area contributed by atoms with E-state index in [0.717, 1.165) is 72.6 Å². The number of nitrogens with two attached hydrogens (primary N) is 2. The first kappa shape index (κ1) is 18.5. The number of carbonyl (C=O) groups excluding carboxylic acids is 1. The second-order valence-electron chi connectivity index (χ2n) is 8.05. The van der Waals surface area contributed by atoms with E-state index in [4.69, 9.17) is 15.9 Å². The van der Waals surface area contributed by atoms with Crippen molar-refractivity contribution in [1.29, 1.82) is 0 Å². The van der Waals surface area contributed by atoms with Crippen molar-refractivity contribution in [3.63, 3.8) is 0 Å². The van der Waals surface area contributed by atoms with E-state index < -0.39 is 0 Å². The standard InChI is InChI=1S/C23H25N5O2/c24-22-13-17-12-18(21-5-4-16-2-1-3-20(16)30-21)28(19(17)14-26-22)11-8-15-6-9-27(10-7-15)23(25)29/h1-5,12-15H,6-11H2,(H2,24,26)(H2,25,29). The van der Waals surface area contributed by atoms with E-state index in [0.29, 0.717) is 11.7 Å². The van der Waals surface area contributed by atoms with Crippen molar-refractivity contribution < 1.29 is 9.21 Å². The number of aromatic nitrogens is 2. The third kappa shape index (κ3) is 3.36. The molecule has 4 N–H and O–H groups in total. The molecule has 0 saturated carbocycles. The van der Waals surface area contributed by atoms with Gasteiger partial charge in [0.1, 0.15) is 11.6 Å². The van der Waals surface area contributed by atoms with Gasteiger partial charge in [0.25, 0.3) is 0 Å². The molecule has 0 atom stereocenters. The van der Waals surface area contributed by atoms with Crippen molar-refractivity contribution in [2.75, 3.05) is 18.8 Å². The Morgan fingerprint density at radius 2 is 1.97 bits per heavy atom. The summed E-state index contributed by atoms with van der Waals surface area (Å²) in [5, 5.41) is 1.05.